The lowest BCUT2D eigenvalue weighted by Crippen LogP contribution is -2.21. The van der Waals surface area contributed by atoms with Crippen molar-refractivity contribution >= 4 is 15.9 Å². The number of nitrogens with zero attached hydrogens (tertiary/aromatic N) is 1. The molecule has 0 saturated heterocycles. The molecule has 1 aromatic heterocycles. The maximum absolute atomic E-state index is 11.9. The van der Waals surface area contributed by atoms with Gasteiger partial charge in [-0.3, -0.25) is 4.79 Å². The Labute approximate surface area is 109 Å². The van der Waals surface area contributed by atoms with Crippen LogP contribution < -0.4 is 5.56 Å². The zero-order valence-corrected chi connectivity index (χ0v) is 11.5. The summed E-state index contributed by atoms with van der Waals surface area (Å²) < 4.78 is 2.32. The quantitative estimate of drug-likeness (QED) is 0.832. The molecule has 0 radical (unpaired) electrons. The van der Waals surface area contributed by atoms with Gasteiger partial charge in [-0.15, -0.1) is 0 Å². The highest BCUT2D eigenvalue weighted by molar-refractivity contribution is 9.10. The van der Waals surface area contributed by atoms with E-state index in [2.05, 4.69) is 41.9 Å². The van der Waals surface area contributed by atoms with Crippen molar-refractivity contribution < 1.29 is 0 Å². The second-order valence-corrected chi connectivity index (χ2v) is 5.01. The maximum atomic E-state index is 11.9. The summed E-state index contributed by atoms with van der Waals surface area (Å²) in [6, 6.07) is 9.83. The zero-order valence-electron chi connectivity index (χ0n) is 9.90. The summed E-state index contributed by atoms with van der Waals surface area (Å²) in [5.41, 5.74) is 3.66. The van der Waals surface area contributed by atoms with Crippen LogP contribution in [0, 0.1) is 13.8 Å². The van der Waals surface area contributed by atoms with Crippen LogP contribution in [0.1, 0.15) is 16.7 Å². The van der Waals surface area contributed by atoms with Gasteiger partial charge in [0, 0.05) is 6.20 Å². The number of hydrogen-bond acceptors (Lipinski definition) is 1. The Morgan fingerprint density at radius 1 is 1.12 bits per heavy atom. The van der Waals surface area contributed by atoms with Crippen LogP contribution in [0.5, 0.6) is 0 Å². The van der Waals surface area contributed by atoms with E-state index in [0.29, 0.717) is 11.0 Å². The molecule has 0 unspecified atom stereocenters. The van der Waals surface area contributed by atoms with Crippen molar-refractivity contribution in [1.29, 1.82) is 0 Å². The van der Waals surface area contributed by atoms with E-state index in [-0.39, 0.29) is 5.56 Å². The first kappa shape index (κ1) is 12.1. The number of halogens is 1. The fraction of sp³-hybridized carbons (Fsp3) is 0.214. The minimum absolute atomic E-state index is 0.00940. The third kappa shape index (κ3) is 2.50. The topological polar surface area (TPSA) is 22.0 Å². The molecule has 17 heavy (non-hydrogen) atoms. The first-order chi connectivity index (χ1) is 8.09. The highest BCUT2D eigenvalue weighted by Crippen LogP contribution is 2.14. The second kappa shape index (κ2) is 4.88. The highest BCUT2D eigenvalue weighted by Gasteiger charge is 2.05. The van der Waals surface area contributed by atoms with Gasteiger partial charge in [0.1, 0.15) is 0 Å². The van der Waals surface area contributed by atoms with E-state index in [9.17, 15) is 4.79 Å². The first-order valence-corrected chi connectivity index (χ1v) is 6.29. The molecule has 1 heterocycles. The van der Waals surface area contributed by atoms with Gasteiger partial charge in [0.05, 0.1) is 11.0 Å². The third-order valence-corrected chi connectivity index (χ3v) is 3.55. The van der Waals surface area contributed by atoms with Crippen LogP contribution in [0.4, 0.5) is 0 Å². The monoisotopic (exact) mass is 291 g/mol. The van der Waals surface area contributed by atoms with Crippen molar-refractivity contribution in [2.45, 2.75) is 20.4 Å². The summed E-state index contributed by atoms with van der Waals surface area (Å²) >= 11 is 3.26. The lowest BCUT2D eigenvalue weighted by atomic mass is 10.0. The van der Waals surface area contributed by atoms with E-state index >= 15 is 0 Å². The fourth-order valence-corrected chi connectivity index (χ4v) is 2.28. The summed E-state index contributed by atoms with van der Waals surface area (Å²) in [4.78, 5) is 11.9. The fourth-order valence-electron chi connectivity index (χ4n) is 1.90. The van der Waals surface area contributed by atoms with Crippen LogP contribution >= 0.6 is 15.9 Å². The van der Waals surface area contributed by atoms with Crippen molar-refractivity contribution in [3.05, 3.63) is 68.0 Å². The molecule has 3 heteroatoms. The van der Waals surface area contributed by atoms with E-state index < -0.39 is 0 Å². The van der Waals surface area contributed by atoms with Crippen molar-refractivity contribution in [3.8, 4) is 0 Å². The summed E-state index contributed by atoms with van der Waals surface area (Å²) in [5.74, 6) is 0. The van der Waals surface area contributed by atoms with Gasteiger partial charge in [0.2, 0.25) is 0 Å². The predicted molar refractivity (Wildman–Crippen MR) is 73.4 cm³/mol. The van der Waals surface area contributed by atoms with Gasteiger partial charge in [-0.25, -0.2) is 0 Å². The number of rotatable bonds is 2. The second-order valence-electron chi connectivity index (χ2n) is 4.16. The molecule has 0 atom stereocenters. The van der Waals surface area contributed by atoms with Crippen LogP contribution in [0.15, 0.2) is 45.8 Å². The molecule has 0 aliphatic carbocycles. The van der Waals surface area contributed by atoms with Gasteiger partial charge in [0.15, 0.2) is 0 Å². The van der Waals surface area contributed by atoms with E-state index in [0.717, 1.165) is 0 Å². The predicted octanol–water partition coefficient (Wildman–Crippen LogP) is 3.28. The van der Waals surface area contributed by atoms with Gasteiger partial charge in [-0.2, -0.15) is 0 Å². The largest absolute Gasteiger partial charge is 0.310 e. The van der Waals surface area contributed by atoms with Gasteiger partial charge in [-0.05, 0) is 58.6 Å². The van der Waals surface area contributed by atoms with Gasteiger partial charge in [-0.1, -0.05) is 18.2 Å². The number of aryl methyl sites for hydroxylation is 2. The molecule has 0 saturated carbocycles. The van der Waals surface area contributed by atoms with Crippen molar-refractivity contribution in [2.75, 3.05) is 0 Å². The first-order valence-electron chi connectivity index (χ1n) is 5.49. The summed E-state index contributed by atoms with van der Waals surface area (Å²) in [6.07, 6.45) is 1.82. The van der Waals surface area contributed by atoms with Crippen molar-refractivity contribution in [2.24, 2.45) is 0 Å². The van der Waals surface area contributed by atoms with Crippen molar-refractivity contribution in [1.82, 2.24) is 4.57 Å². The summed E-state index contributed by atoms with van der Waals surface area (Å²) in [5, 5.41) is 0. The smallest absolute Gasteiger partial charge is 0.265 e. The normalized spacial score (nSPS) is 10.5. The molecular weight excluding hydrogens is 278 g/mol. The molecule has 2 rings (SSSR count). The number of aromatic nitrogens is 1. The number of pyridine rings is 1. The molecule has 0 amide bonds. The summed E-state index contributed by atoms with van der Waals surface area (Å²) in [7, 11) is 0. The van der Waals surface area contributed by atoms with Crippen LogP contribution in [-0.2, 0) is 6.54 Å². The Morgan fingerprint density at radius 3 is 2.41 bits per heavy atom. The molecular formula is C14H14BrNO. The summed E-state index contributed by atoms with van der Waals surface area (Å²) in [6.45, 7) is 4.77. The van der Waals surface area contributed by atoms with Crippen LogP contribution in [0.25, 0.3) is 0 Å². The SMILES string of the molecule is Cc1cccc(C)c1Cn1cccc(Br)c1=O. The minimum atomic E-state index is 0.00940. The molecule has 2 aromatic rings. The van der Waals surface area contributed by atoms with Crippen molar-refractivity contribution in [3.63, 3.8) is 0 Å². The number of hydrogen-bond donors (Lipinski definition) is 0. The Kier molecular flexibility index (Phi) is 3.48. The third-order valence-electron chi connectivity index (χ3n) is 2.95. The van der Waals surface area contributed by atoms with Crippen LogP contribution in [0.2, 0.25) is 0 Å². The Hall–Kier alpha value is -1.35. The Balaban J connectivity index is 2.45. The molecule has 2 nitrogen and oxygen atoms in total. The number of benzene rings is 1. The lowest BCUT2D eigenvalue weighted by Gasteiger charge is -2.11. The molecule has 1 aromatic carbocycles. The van der Waals surface area contributed by atoms with E-state index in [1.807, 2.05) is 18.3 Å². The Morgan fingerprint density at radius 2 is 1.76 bits per heavy atom. The maximum Gasteiger partial charge on any atom is 0.265 e. The zero-order chi connectivity index (χ0) is 12.4. The highest BCUT2D eigenvalue weighted by atomic mass is 79.9. The van der Waals surface area contributed by atoms with Gasteiger partial charge >= 0.3 is 0 Å². The molecule has 88 valence electrons. The van der Waals surface area contributed by atoms with Crippen LogP contribution in [-0.4, -0.2) is 4.57 Å². The molecule has 0 aliphatic rings. The van der Waals surface area contributed by atoms with Gasteiger partial charge in [0.25, 0.3) is 5.56 Å². The van der Waals surface area contributed by atoms with E-state index in [1.54, 1.807) is 10.6 Å². The molecule has 0 aliphatic heterocycles. The van der Waals surface area contributed by atoms with Crippen LogP contribution in [0.3, 0.4) is 0 Å². The average molecular weight is 292 g/mol. The minimum Gasteiger partial charge on any atom is -0.310 e. The average Bonchev–Trinajstić information content (AvgIpc) is 2.29. The molecule has 0 fully saturated rings. The standard InChI is InChI=1S/C14H14BrNO/c1-10-5-3-6-11(2)12(10)9-16-8-4-7-13(15)14(16)17/h3-8H,9H2,1-2H3. The van der Waals surface area contributed by atoms with Gasteiger partial charge < -0.3 is 4.57 Å². The van der Waals surface area contributed by atoms with E-state index in [1.165, 1.54) is 16.7 Å². The van der Waals surface area contributed by atoms with E-state index in [4.69, 9.17) is 0 Å². The molecule has 0 bridgehead atoms. The molecule has 0 N–H and O–H groups in total. The lowest BCUT2D eigenvalue weighted by molar-refractivity contribution is 0.747. The molecule has 0 spiro atoms. The Bertz CT molecular complexity index is 581.